The van der Waals surface area contributed by atoms with E-state index in [0.29, 0.717) is 26.8 Å². The second-order valence-electron chi connectivity index (χ2n) is 7.71. The first-order valence-corrected chi connectivity index (χ1v) is 12.9. The number of nitrogens with zero attached hydrogens (tertiary/aromatic N) is 1. The molecule has 5 aromatic rings. The van der Waals surface area contributed by atoms with Crippen LogP contribution in [0, 0.1) is 13.8 Å². The van der Waals surface area contributed by atoms with Crippen LogP contribution < -0.4 is 10.0 Å². The Bertz CT molecular complexity index is 1670. The van der Waals surface area contributed by atoms with Gasteiger partial charge in [0.15, 0.2) is 0 Å². The highest BCUT2D eigenvalue weighted by Crippen LogP contribution is 2.40. The Hall–Kier alpha value is -3.40. The van der Waals surface area contributed by atoms with Gasteiger partial charge in [-0.05, 0) is 55.0 Å². The van der Waals surface area contributed by atoms with Gasteiger partial charge < -0.3 is 9.84 Å². The van der Waals surface area contributed by atoms with E-state index in [0.717, 1.165) is 20.9 Å². The van der Waals surface area contributed by atoms with Crippen molar-refractivity contribution in [2.45, 2.75) is 18.7 Å². The van der Waals surface area contributed by atoms with Crippen LogP contribution in [0.1, 0.15) is 20.9 Å². The molecule has 0 aliphatic rings. The third kappa shape index (κ3) is 3.91. The number of aromatic nitrogens is 1. The molecule has 0 fully saturated rings. The number of amides is 1. The molecule has 0 saturated heterocycles. The summed E-state index contributed by atoms with van der Waals surface area (Å²) in [4.78, 5) is 13.4. The number of aryl methyl sites for hydroxylation is 1. The first-order valence-electron chi connectivity index (χ1n) is 10.2. The molecule has 1 amide bonds. The zero-order chi connectivity index (χ0) is 24.0. The molecule has 0 spiro atoms. The van der Waals surface area contributed by atoms with Crippen molar-refractivity contribution in [2.75, 3.05) is 10.0 Å². The maximum absolute atomic E-state index is 13.0. The van der Waals surface area contributed by atoms with E-state index in [1.165, 1.54) is 35.6 Å². The summed E-state index contributed by atoms with van der Waals surface area (Å²) in [5.41, 5.74) is 1.65. The normalized spacial score (nSPS) is 11.7. The van der Waals surface area contributed by atoms with Crippen LogP contribution in [-0.4, -0.2) is 19.5 Å². The van der Waals surface area contributed by atoms with E-state index in [1.807, 2.05) is 36.4 Å². The molecule has 0 atom stereocenters. The van der Waals surface area contributed by atoms with Gasteiger partial charge in [0.1, 0.15) is 4.88 Å². The zero-order valence-corrected chi connectivity index (χ0v) is 20.4. The highest BCUT2D eigenvalue weighted by Gasteiger charge is 2.21. The first-order chi connectivity index (χ1) is 16.2. The van der Waals surface area contributed by atoms with Gasteiger partial charge >= 0.3 is 0 Å². The molecular weight excluding hydrogens is 494 g/mol. The molecule has 0 aliphatic heterocycles. The largest absolute Gasteiger partial charge is 0.337 e. The molecule has 0 saturated carbocycles. The molecule has 2 aromatic heterocycles. The Balaban J connectivity index is 1.38. The van der Waals surface area contributed by atoms with Crippen LogP contribution in [0.2, 0.25) is 5.02 Å². The lowest BCUT2D eigenvalue weighted by molar-refractivity contribution is 0.103. The highest BCUT2D eigenvalue weighted by molar-refractivity contribution is 7.92. The number of sulfonamides is 1. The third-order valence-corrected chi connectivity index (χ3v) is 8.53. The van der Waals surface area contributed by atoms with Crippen molar-refractivity contribution >= 4 is 71.3 Å². The summed E-state index contributed by atoms with van der Waals surface area (Å²) in [6.45, 7) is 3.43. The molecule has 3 aromatic carbocycles. The topological polar surface area (TPSA) is 101 Å². The fraction of sp³-hybridized carbons (Fsp3) is 0.0833. The lowest BCUT2D eigenvalue weighted by Crippen LogP contribution is -2.14. The number of carbonyl (C=O) groups excluding carboxylic acids is 1. The third-order valence-electron chi connectivity index (χ3n) is 5.53. The van der Waals surface area contributed by atoms with Gasteiger partial charge in [-0.3, -0.25) is 4.79 Å². The van der Waals surface area contributed by atoms with Crippen molar-refractivity contribution in [3.63, 3.8) is 0 Å². The summed E-state index contributed by atoms with van der Waals surface area (Å²) in [5.74, 6) is -0.293. The Morgan fingerprint density at radius 1 is 1.03 bits per heavy atom. The Morgan fingerprint density at radius 3 is 2.47 bits per heavy atom. The molecule has 2 heterocycles. The van der Waals surface area contributed by atoms with Crippen LogP contribution >= 0.6 is 22.9 Å². The molecule has 10 heteroatoms. The minimum atomic E-state index is -3.88. The summed E-state index contributed by atoms with van der Waals surface area (Å²) >= 11 is 7.93. The van der Waals surface area contributed by atoms with Crippen molar-refractivity contribution in [1.29, 1.82) is 0 Å². The van der Waals surface area contributed by atoms with E-state index < -0.39 is 10.0 Å². The van der Waals surface area contributed by atoms with Gasteiger partial charge in [-0.1, -0.05) is 47.1 Å². The Labute approximate surface area is 204 Å². The number of rotatable bonds is 5. The van der Waals surface area contributed by atoms with Crippen molar-refractivity contribution in [3.05, 3.63) is 81.8 Å². The summed E-state index contributed by atoms with van der Waals surface area (Å²) < 4.78 is 33.7. The van der Waals surface area contributed by atoms with Crippen molar-refractivity contribution in [2.24, 2.45) is 0 Å². The summed E-state index contributed by atoms with van der Waals surface area (Å²) in [7, 11) is -3.88. The number of hydrogen-bond donors (Lipinski definition) is 2. The number of carbonyl (C=O) groups is 1. The number of fused-ring (bicyclic) bond motifs is 3. The molecule has 0 bridgehead atoms. The van der Waals surface area contributed by atoms with E-state index >= 15 is 0 Å². The van der Waals surface area contributed by atoms with Gasteiger partial charge in [0.25, 0.3) is 15.9 Å². The van der Waals surface area contributed by atoms with Gasteiger partial charge in [0, 0.05) is 21.3 Å². The number of halogens is 1. The Kier molecular flexibility index (Phi) is 5.55. The SMILES string of the molecule is Cc1noc(NS(=O)(=O)c2ccc(NC(=O)c3sc4ccc5ccccc5c4c3Cl)cc2)c1C. The van der Waals surface area contributed by atoms with Crippen molar-refractivity contribution in [1.82, 2.24) is 5.16 Å². The second-order valence-corrected chi connectivity index (χ2v) is 10.8. The minimum Gasteiger partial charge on any atom is -0.337 e. The van der Waals surface area contributed by atoms with Gasteiger partial charge in [0.2, 0.25) is 5.88 Å². The van der Waals surface area contributed by atoms with Crippen LogP contribution in [0.15, 0.2) is 70.1 Å². The predicted molar refractivity (Wildman–Crippen MR) is 136 cm³/mol. The van der Waals surface area contributed by atoms with Crippen LogP contribution in [0.4, 0.5) is 11.6 Å². The molecule has 34 heavy (non-hydrogen) atoms. The van der Waals surface area contributed by atoms with E-state index in [-0.39, 0.29) is 16.7 Å². The van der Waals surface area contributed by atoms with E-state index in [4.69, 9.17) is 16.1 Å². The number of anilines is 2. The summed E-state index contributed by atoms with van der Waals surface area (Å²) in [6, 6.07) is 17.7. The fourth-order valence-corrected chi connectivity index (χ4v) is 6.09. The summed E-state index contributed by atoms with van der Waals surface area (Å²) in [6.07, 6.45) is 0. The molecule has 0 unspecified atom stereocenters. The highest BCUT2D eigenvalue weighted by atomic mass is 35.5. The van der Waals surface area contributed by atoms with Crippen LogP contribution in [0.3, 0.4) is 0 Å². The monoisotopic (exact) mass is 511 g/mol. The molecule has 7 nitrogen and oxygen atoms in total. The van der Waals surface area contributed by atoms with Crippen LogP contribution in [0.5, 0.6) is 0 Å². The number of thiophene rings is 1. The van der Waals surface area contributed by atoms with Crippen molar-refractivity contribution in [3.8, 4) is 0 Å². The van der Waals surface area contributed by atoms with E-state index in [1.54, 1.807) is 13.8 Å². The number of nitrogens with one attached hydrogen (secondary N) is 2. The van der Waals surface area contributed by atoms with Gasteiger partial charge in [-0.2, -0.15) is 0 Å². The number of benzene rings is 3. The molecule has 0 aliphatic carbocycles. The molecular formula is C24H18ClN3O4S2. The van der Waals surface area contributed by atoms with Crippen LogP contribution in [0.25, 0.3) is 20.9 Å². The summed E-state index contributed by atoms with van der Waals surface area (Å²) in [5, 5.41) is 9.82. The van der Waals surface area contributed by atoms with Crippen molar-refractivity contribution < 1.29 is 17.7 Å². The smallest absolute Gasteiger partial charge is 0.267 e. The fourth-order valence-electron chi connectivity index (χ4n) is 3.57. The molecule has 172 valence electrons. The standard InChI is InChI=1S/C24H18ClN3O4S2/c1-13-14(2)27-32-24(13)28-34(30,31)17-10-8-16(9-11-17)26-23(29)22-21(25)20-18-6-4-3-5-15(18)7-12-19(20)33-22/h3-12,28H,1-2H3,(H,26,29). The first kappa shape index (κ1) is 22.4. The quantitative estimate of drug-likeness (QED) is 0.285. The van der Waals surface area contributed by atoms with E-state index in [2.05, 4.69) is 15.2 Å². The molecule has 2 N–H and O–H groups in total. The number of hydrogen-bond acceptors (Lipinski definition) is 6. The lowest BCUT2D eigenvalue weighted by Gasteiger charge is -2.08. The Morgan fingerprint density at radius 2 is 1.76 bits per heavy atom. The molecule has 0 radical (unpaired) electrons. The molecule has 5 rings (SSSR count). The van der Waals surface area contributed by atoms with Gasteiger partial charge in [-0.25, -0.2) is 13.1 Å². The van der Waals surface area contributed by atoms with Crippen LogP contribution in [-0.2, 0) is 10.0 Å². The maximum Gasteiger partial charge on any atom is 0.267 e. The predicted octanol–water partition coefficient (Wildman–Crippen LogP) is 6.37. The average Bonchev–Trinajstić information content (AvgIpc) is 3.33. The zero-order valence-electron chi connectivity index (χ0n) is 18.0. The van der Waals surface area contributed by atoms with E-state index in [9.17, 15) is 13.2 Å². The average molecular weight is 512 g/mol. The van der Waals surface area contributed by atoms with Gasteiger partial charge in [-0.15, -0.1) is 11.3 Å². The maximum atomic E-state index is 13.0. The minimum absolute atomic E-state index is 0.0188. The van der Waals surface area contributed by atoms with Gasteiger partial charge in [0.05, 0.1) is 15.6 Å². The second kappa shape index (κ2) is 8.43. The lowest BCUT2D eigenvalue weighted by atomic mass is 10.1.